The number of hydrogen-bond donors (Lipinski definition) is 2. The molecule has 0 radical (unpaired) electrons. The third kappa shape index (κ3) is 5.14. The van der Waals surface area contributed by atoms with Gasteiger partial charge in [0.2, 0.25) is 0 Å². The molecule has 1 aliphatic heterocycles. The van der Waals surface area contributed by atoms with Crippen LogP contribution in [0.1, 0.15) is 41.5 Å². The second-order valence-corrected chi connectivity index (χ2v) is 10.5. The number of ether oxygens (including phenoxy) is 1. The average molecular weight is 498 g/mol. The summed E-state index contributed by atoms with van der Waals surface area (Å²) in [6.45, 7) is 0.0749. The average Bonchev–Trinajstić information content (AvgIpc) is 3.53. The minimum absolute atomic E-state index is 0. The second kappa shape index (κ2) is 10.2. The largest absolute Gasteiger partial charge is 1.00 e. The molecule has 12 heteroatoms. The smallest absolute Gasteiger partial charge is 0.423 e. The number of anilines is 2. The summed E-state index contributed by atoms with van der Waals surface area (Å²) < 4.78 is 38.0. The number of urea groups is 1. The van der Waals surface area contributed by atoms with Crippen LogP contribution in [0.5, 0.6) is 0 Å². The van der Waals surface area contributed by atoms with Crippen LogP contribution in [-0.2, 0) is 47.7 Å². The molecule has 178 valence electrons. The van der Waals surface area contributed by atoms with Crippen molar-refractivity contribution in [2.24, 2.45) is 7.05 Å². The number of fused-ring (bicyclic) bond motifs is 2. The molecule has 2 atom stereocenters. The Kier molecular flexibility index (Phi) is 7.61. The number of carbonyl (C=O) groups is 1. The molecule has 1 aromatic carbocycles. The first-order valence-electron chi connectivity index (χ1n) is 11.3. The van der Waals surface area contributed by atoms with Gasteiger partial charge in [0.1, 0.15) is 0 Å². The van der Waals surface area contributed by atoms with Crippen LogP contribution >= 0.6 is 0 Å². The number of aromatic nitrogens is 2. The van der Waals surface area contributed by atoms with Crippen LogP contribution < -0.4 is 39.2 Å². The van der Waals surface area contributed by atoms with Gasteiger partial charge in [-0.3, -0.25) is 13.8 Å². The van der Waals surface area contributed by atoms with Crippen molar-refractivity contribution in [2.45, 2.75) is 57.2 Å². The number of benzene rings is 1. The molecule has 1 fully saturated rings. The number of aryl methyl sites for hydroxylation is 3. The van der Waals surface area contributed by atoms with E-state index in [-0.39, 0.29) is 48.4 Å². The summed E-state index contributed by atoms with van der Waals surface area (Å²) in [4.78, 5) is 12.9. The van der Waals surface area contributed by atoms with Gasteiger partial charge in [0.25, 0.3) is 10.2 Å². The molecule has 0 saturated carbocycles. The number of amides is 2. The van der Waals surface area contributed by atoms with Gasteiger partial charge in [-0.25, -0.2) is 8.42 Å². The van der Waals surface area contributed by atoms with Crippen LogP contribution in [0, 0.1) is 0 Å². The summed E-state index contributed by atoms with van der Waals surface area (Å²) in [6.07, 6.45) is 7.83. The number of nitrogens with one attached hydrogen (secondary N) is 1. The van der Waals surface area contributed by atoms with Gasteiger partial charge in [-0.15, -0.1) is 0 Å². The van der Waals surface area contributed by atoms with Crippen molar-refractivity contribution >= 4 is 27.6 Å². The summed E-state index contributed by atoms with van der Waals surface area (Å²) in [6, 6.07) is 1.33. The molecule has 1 saturated heterocycles. The van der Waals surface area contributed by atoms with Gasteiger partial charge < -0.3 is 19.9 Å². The summed E-state index contributed by atoms with van der Waals surface area (Å²) >= 11 is 0. The van der Waals surface area contributed by atoms with E-state index in [2.05, 4.69) is 21.2 Å². The van der Waals surface area contributed by atoms with E-state index in [0.29, 0.717) is 6.42 Å². The predicted octanol–water partition coefficient (Wildman–Crippen LogP) is -0.792. The van der Waals surface area contributed by atoms with Crippen LogP contribution in [0.25, 0.3) is 4.72 Å². The van der Waals surface area contributed by atoms with Crippen molar-refractivity contribution < 1.29 is 52.6 Å². The molecule has 2 amide bonds. The van der Waals surface area contributed by atoms with Crippen LogP contribution in [0.15, 0.2) is 18.5 Å². The van der Waals surface area contributed by atoms with Crippen molar-refractivity contribution in [2.75, 3.05) is 22.8 Å². The number of aliphatic hydroxyl groups excluding tert-OH is 1. The zero-order valence-electron chi connectivity index (χ0n) is 19.5. The molecule has 3 aliphatic rings. The normalized spacial score (nSPS) is 21.0. The number of nitrogens with zero attached hydrogens (tertiary/aromatic N) is 4. The Bertz CT molecular complexity index is 1150. The fourth-order valence-corrected chi connectivity index (χ4v) is 6.19. The van der Waals surface area contributed by atoms with Crippen LogP contribution in [0.4, 0.5) is 16.2 Å². The molecule has 34 heavy (non-hydrogen) atoms. The zero-order chi connectivity index (χ0) is 23.2. The van der Waals surface area contributed by atoms with Gasteiger partial charge in [-0.2, -0.15) is 5.10 Å². The fourth-order valence-electron chi connectivity index (χ4n) is 5.12. The topological polar surface area (TPSA) is 128 Å². The summed E-state index contributed by atoms with van der Waals surface area (Å²) in [5.41, 5.74) is 5.71. The van der Waals surface area contributed by atoms with Gasteiger partial charge in [-0.1, -0.05) is 6.07 Å². The van der Waals surface area contributed by atoms with E-state index >= 15 is 0 Å². The third-order valence-electron chi connectivity index (χ3n) is 6.59. The predicted molar refractivity (Wildman–Crippen MR) is 123 cm³/mol. The number of carbonyl (C=O) groups excluding carboxylic acids is 1. The monoisotopic (exact) mass is 497 g/mol. The first-order chi connectivity index (χ1) is 15.8. The Hall–Kier alpha value is -1.63. The molecule has 0 unspecified atom stereocenters. The first kappa shape index (κ1) is 25.5. The van der Waals surface area contributed by atoms with Gasteiger partial charge in [-0.05, 0) is 66.5 Å². The van der Waals surface area contributed by atoms with E-state index in [9.17, 15) is 18.3 Å². The Morgan fingerprint density at radius 3 is 2.50 bits per heavy atom. The molecule has 10 nitrogen and oxygen atoms in total. The van der Waals surface area contributed by atoms with E-state index in [1.54, 1.807) is 7.05 Å². The third-order valence-corrected chi connectivity index (χ3v) is 7.90. The van der Waals surface area contributed by atoms with E-state index in [0.717, 1.165) is 59.6 Å². The molecule has 2 aliphatic carbocycles. The molecule has 2 N–H and O–H groups in total. The van der Waals surface area contributed by atoms with E-state index in [1.165, 1.54) is 28.2 Å². The van der Waals surface area contributed by atoms with Crippen molar-refractivity contribution in [3.05, 3.63) is 45.4 Å². The first-order valence-corrected chi connectivity index (χ1v) is 12.7. The maximum atomic E-state index is 13.2. The summed E-state index contributed by atoms with van der Waals surface area (Å²) in [5, 5.41) is 16.6. The zero-order valence-corrected chi connectivity index (χ0v) is 22.3. The van der Waals surface area contributed by atoms with E-state index in [4.69, 9.17) is 4.74 Å². The Morgan fingerprint density at radius 2 is 1.94 bits per heavy atom. The van der Waals surface area contributed by atoms with Crippen molar-refractivity contribution in [1.82, 2.24) is 9.78 Å². The number of rotatable bonds is 6. The van der Waals surface area contributed by atoms with Gasteiger partial charge in [0.15, 0.2) is 6.03 Å². The van der Waals surface area contributed by atoms with Crippen LogP contribution in [0.2, 0.25) is 0 Å². The minimum atomic E-state index is -4.38. The molecule has 5 rings (SSSR count). The number of aliphatic hydroxyl groups is 1. The molecular formula is C22H28N5NaO5S. The Balaban J connectivity index is 0.00000274. The minimum Gasteiger partial charge on any atom is -0.423 e. The van der Waals surface area contributed by atoms with E-state index in [1.807, 2.05) is 0 Å². The van der Waals surface area contributed by atoms with Crippen molar-refractivity contribution in [1.29, 1.82) is 0 Å². The van der Waals surface area contributed by atoms with Crippen LogP contribution in [-0.4, -0.2) is 54.7 Å². The van der Waals surface area contributed by atoms with Gasteiger partial charge in [0, 0.05) is 19.7 Å². The molecule has 2 aromatic rings. The number of hydrogen-bond acceptors (Lipinski definition) is 6. The molecule has 0 spiro atoms. The molecule has 1 aromatic heterocycles. The Labute approximate surface area is 221 Å². The van der Waals surface area contributed by atoms with Gasteiger partial charge >= 0.3 is 29.6 Å². The molecular weight excluding hydrogens is 469 g/mol. The van der Waals surface area contributed by atoms with Crippen molar-refractivity contribution in [3.8, 4) is 0 Å². The maximum absolute atomic E-state index is 13.2. The fraction of sp³-hybridized carbons (Fsp3) is 0.545. The van der Waals surface area contributed by atoms with E-state index < -0.39 is 28.4 Å². The van der Waals surface area contributed by atoms with Crippen LogP contribution in [0.3, 0.4) is 0 Å². The van der Waals surface area contributed by atoms with Gasteiger partial charge in [0.05, 0.1) is 37.2 Å². The van der Waals surface area contributed by atoms with Crippen molar-refractivity contribution in [3.63, 3.8) is 0 Å². The quantitative estimate of drug-likeness (QED) is 0.504. The Morgan fingerprint density at radius 1 is 1.26 bits per heavy atom. The standard InChI is InChI=1S/C22H29N5O5S.Na/c1-26-11-16(10-23-26)27(12-18-9-17(28)13-32-18)33(30,31)25-22(29)24-21-19-6-2-4-14(19)8-15-5-3-7-20(15)21;/h8,10-11,17-18,28H,2-7,9,12-13H2,1H3,(H2,24,25,29);/q;+1/p-1/t17-,18-;/m1./s1. The second-order valence-electron chi connectivity index (χ2n) is 8.98. The maximum Gasteiger partial charge on any atom is 1.00 e. The molecule has 2 heterocycles. The molecule has 0 bridgehead atoms. The summed E-state index contributed by atoms with van der Waals surface area (Å²) in [7, 11) is -2.71. The SMILES string of the molecule is Cn1cc(N(C[C@H]2C[C@@H](O)CO2)S(=O)(=O)[N-]C(=O)Nc2c3c(cc4c2CCC4)CCC3)cn1.[Na+]. The summed E-state index contributed by atoms with van der Waals surface area (Å²) in [5.74, 6) is 0.